The molecule has 1 heterocycles. The fraction of sp³-hybridized carbons (Fsp3) is 0.579. The molecule has 1 nitrogen and oxygen atoms in total. The summed E-state index contributed by atoms with van der Waals surface area (Å²) >= 11 is 0. The van der Waals surface area contributed by atoms with Crippen molar-refractivity contribution in [1.82, 2.24) is 0 Å². The second-order valence-corrected chi connectivity index (χ2v) is 6.18. The number of rotatable bonds is 10. The van der Waals surface area contributed by atoms with Gasteiger partial charge < -0.3 is 4.74 Å². The van der Waals surface area contributed by atoms with E-state index in [1.54, 1.807) is 0 Å². The molecule has 1 aliphatic rings. The predicted molar refractivity (Wildman–Crippen MR) is 87.2 cm³/mol. The summed E-state index contributed by atoms with van der Waals surface area (Å²) in [7, 11) is 0. The van der Waals surface area contributed by atoms with Gasteiger partial charge in [-0.05, 0) is 37.0 Å². The van der Waals surface area contributed by atoms with Crippen LogP contribution < -0.4 is 0 Å². The van der Waals surface area contributed by atoms with Crippen LogP contribution in [0.4, 0.5) is 13.2 Å². The van der Waals surface area contributed by atoms with Crippen molar-refractivity contribution in [1.29, 1.82) is 0 Å². The van der Waals surface area contributed by atoms with Crippen LogP contribution in [0.2, 0.25) is 0 Å². The molecule has 0 radical (unpaired) electrons. The Morgan fingerprint density at radius 3 is 2.17 bits per heavy atom. The summed E-state index contributed by atoms with van der Waals surface area (Å²) in [6, 6.07) is 5.30. The van der Waals surface area contributed by atoms with E-state index < -0.39 is 11.7 Å². The zero-order valence-electron chi connectivity index (χ0n) is 13.4. The highest BCUT2D eigenvalue weighted by Crippen LogP contribution is 2.29. The third-order valence-electron chi connectivity index (χ3n) is 4.10. The standard InChI is InChI=1S/C19H25F3O/c20-19(21,22)17-13-11-16(12-14-17)9-7-5-3-1-2-4-6-8-10-18-15-23-18/h7,9,11-14,18H,1-6,8,10,15H2/b9-7+. The summed E-state index contributed by atoms with van der Waals surface area (Å²) in [4.78, 5) is 0. The average Bonchev–Trinajstić information content (AvgIpc) is 3.33. The topological polar surface area (TPSA) is 12.5 Å². The lowest BCUT2D eigenvalue weighted by molar-refractivity contribution is -0.137. The lowest BCUT2D eigenvalue weighted by Crippen LogP contribution is -2.03. The van der Waals surface area contributed by atoms with E-state index in [9.17, 15) is 13.2 Å². The minimum atomic E-state index is -4.26. The first-order chi connectivity index (χ1) is 11.1. The molecule has 1 aliphatic heterocycles. The normalized spacial score (nSPS) is 17.8. The van der Waals surface area contributed by atoms with Gasteiger partial charge in [-0.15, -0.1) is 0 Å². The largest absolute Gasteiger partial charge is 0.416 e. The Morgan fingerprint density at radius 1 is 0.957 bits per heavy atom. The van der Waals surface area contributed by atoms with Crippen molar-refractivity contribution in [2.75, 3.05) is 6.61 Å². The quantitative estimate of drug-likeness (QED) is 0.366. The van der Waals surface area contributed by atoms with Crippen molar-refractivity contribution in [3.8, 4) is 0 Å². The number of ether oxygens (including phenoxy) is 1. The van der Waals surface area contributed by atoms with Gasteiger partial charge in [0.05, 0.1) is 18.3 Å². The van der Waals surface area contributed by atoms with Crippen LogP contribution in [-0.2, 0) is 10.9 Å². The third kappa shape index (κ3) is 7.69. The van der Waals surface area contributed by atoms with Gasteiger partial charge in [-0.25, -0.2) is 0 Å². The molecule has 2 rings (SSSR count). The van der Waals surface area contributed by atoms with E-state index in [4.69, 9.17) is 4.74 Å². The average molecular weight is 326 g/mol. The first-order valence-corrected chi connectivity index (χ1v) is 8.51. The van der Waals surface area contributed by atoms with Crippen molar-refractivity contribution in [2.45, 2.75) is 63.6 Å². The molecule has 0 aromatic heterocycles. The van der Waals surface area contributed by atoms with Gasteiger partial charge >= 0.3 is 6.18 Å². The van der Waals surface area contributed by atoms with Gasteiger partial charge in [-0.2, -0.15) is 13.2 Å². The van der Waals surface area contributed by atoms with E-state index in [0.29, 0.717) is 6.10 Å². The van der Waals surface area contributed by atoms with Gasteiger partial charge in [0, 0.05) is 0 Å². The van der Waals surface area contributed by atoms with Crippen LogP contribution in [0, 0.1) is 0 Å². The monoisotopic (exact) mass is 326 g/mol. The molecule has 1 fully saturated rings. The summed E-state index contributed by atoms with van der Waals surface area (Å²) in [6.07, 6.45) is 9.93. The molecule has 1 atom stereocenters. The summed E-state index contributed by atoms with van der Waals surface area (Å²) in [5.74, 6) is 0. The van der Waals surface area contributed by atoms with Gasteiger partial charge in [0.1, 0.15) is 0 Å². The Morgan fingerprint density at radius 2 is 1.57 bits per heavy atom. The molecule has 23 heavy (non-hydrogen) atoms. The predicted octanol–water partition coefficient (Wildman–Crippen LogP) is 6.24. The smallest absolute Gasteiger partial charge is 0.373 e. The number of allylic oxidation sites excluding steroid dienone is 1. The van der Waals surface area contributed by atoms with E-state index in [2.05, 4.69) is 0 Å². The Hall–Kier alpha value is -1.29. The van der Waals surface area contributed by atoms with E-state index in [0.717, 1.165) is 37.1 Å². The number of unbranched alkanes of at least 4 members (excludes halogenated alkanes) is 6. The molecular formula is C19H25F3O. The number of hydrogen-bond donors (Lipinski definition) is 0. The molecule has 0 aliphatic carbocycles. The Balaban J connectivity index is 1.50. The minimum absolute atomic E-state index is 0.560. The molecule has 4 heteroatoms. The van der Waals surface area contributed by atoms with Gasteiger partial charge in [-0.1, -0.05) is 56.4 Å². The zero-order valence-corrected chi connectivity index (χ0v) is 13.4. The van der Waals surface area contributed by atoms with Gasteiger partial charge in [0.25, 0.3) is 0 Å². The molecule has 1 saturated heterocycles. The van der Waals surface area contributed by atoms with E-state index in [1.165, 1.54) is 50.7 Å². The van der Waals surface area contributed by atoms with E-state index in [-0.39, 0.29) is 0 Å². The lowest BCUT2D eigenvalue weighted by Gasteiger charge is -2.05. The zero-order chi connectivity index (χ0) is 16.5. The van der Waals surface area contributed by atoms with Crippen LogP contribution in [0.5, 0.6) is 0 Å². The first-order valence-electron chi connectivity index (χ1n) is 8.51. The second kappa shape index (κ2) is 9.11. The van der Waals surface area contributed by atoms with E-state index in [1.807, 2.05) is 12.2 Å². The fourth-order valence-corrected chi connectivity index (χ4v) is 2.58. The highest BCUT2D eigenvalue weighted by molar-refractivity contribution is 5.49. The van der Waals surface area contributed by atoms with Crippen LogP contribution in [0.15, 0.2) is 30.3 Å². The minimum Gasteiger partial charge on any atom is -0.373 e. The Bertz CT molecular complexity index is 472. The Labute approximate surface area is 136 Å². The molecule has 0 amide bonds. The maximum atomic E-state index is 12.4. The maximum Gasteiger partial charge on any atom is 0.416 e. The molecule has 0 bridgehead atoms. The highest BCUT2D eigenvalue weighted by Gasteiger charge is 2.29. The van der Waals surface area contributed by atoms with Crippen molar-refractivity contribution < 1.29 is 17.9 Å². The maximum absolute atomic E-state index is 12.4. The summed E-state index contributed by atoms with van der Waals surface area (Å²) in [5.41, 5.74) is 0.225. The second-order valence-electron chi connectivity index (χ2n) is 6.18. The van der Waals surface area contributed by atoms with Gasteiger partial charge in [0.15, 0.2) is 0 Å². The third-order valence-corrected chi connectivity index (χ3v) is 4.10. The van der Waals surface area contributed by atoms with Crippen LogP contribution >= 0.6 is 0 Å². The number of hydrogen-bond acceptors (Lipinski definition) is 1. The van der Waals surface area contributed by atoms with Crippen LogP contribution in [-0.4, -0.2) is 12.7 Å². The molecule has 0 saturated carbocycles. The highest BCUT2D eigenvalue weighted by atomic mass is 19.4. The lowest BCUT2D eigenvalue weighted by atomic mass is 10.1. The van der Waals surface area contributed by atoms with Crippen molar-refractivity contribution >= 4 is 6.08 Å². The SMILES string of the molecule is FC(F)(F)c1ccc(/C=C/CCCCCCCCC2CO2)cc1. The number of halogens is 3. The van der Waals surface area contributed by atoms with E-state index >= 15 is 0 Å². The molecule has 128 valence electrons. The fourth-order valence-electron chi connectivity index (χ4n) is 2.58. The number of benzene rings is 1. The molecular weight excluding hydrogens is 301 g/mol. The number of epoxide rings is 1. The molecule has 0 spiro atoms. The molecule has 1 aromatic rings. The molecule has 1 unspecified atom stereocenters. The Kier molecular flexibility index (Phi) is 7.15. The summed E-state index contributed by atoms with van der Waals surface area (Å²) in [6.45, 7) is 0.964. The van der Waals surface area contributed by atoms with Gasteiger partial charge in [-0.3, -0.25) is 0 Å². The van der Waals surface area contributed by atoms with Crippen LogP contribution in [0.1, 0.15) is 62.5 Å². The molecule has 0 N–H and O–H groups in total. The summed E-state index contributed by atoms with van der Waals surface area (Å²) in [5, 5.41) is 0. The first kappa shape index (κ1) is 18.1. The van der Waals surface area contributed by atoms with Crippen LogP contribution in [0.25, 0.3) is 6.08 Å². The van der Waals surface area contributed by atoms with Crippen molar-refractivity contribution in [3.63, 3.8) is 0 Å². The summed E-state index contributed by atoms with van der Waals surface area (Å²) < 4.78 is 42.5. The number of alkyl halides is 3. The van der Waals surface area contributed by atoms with Crippen molar-refractivity contribution in [2.24, 2.45) is 0 Å². The van der Waals surface area contributed by atoms with Crippen molar-refractivity contribution in [3.05, 3.63) is 41.5 Å². The van der Waals surface area contributed by atoms with Crippen LogP contribution in [0.3, 0.4) is 0 Å². The van der Waals surface area contributed by atoms with Gasteiger partial charge in [0.2, 0.25) is 0 Å². The molecule has 1 aromatic carbocycles.